The Morgan fingerprint density at radius 1 is 1.08 bits per heavy atom. The second-order valence-corrected chi connectivity index (χ2v) is 6.14. The fraction of sp³-hybridized carbons (Fsp3) is 0.100. The molecule has 2 aromatic carbocycles. The molecule has 0 radical (unpaired) electrons. The molecule has 3 aromatic rings. The standard InChI is InChI=1S/C20H18ClN3O2/c1-13-9-15(21)7-8-17(13)24-20(25)14-10-16(12-22-11-14)23-18-5-3-4-6-19(18)26-2/h3-12,23H,1-2H3,(H,24,25). The number of methoxy groups -OCH3 is 1. The number of anilines is 3. The number of para-hydroxylation sites is 2. The fourth-order valence-corrected chi connectivity index (χ4v) is 2.72. The van der Waals surface area contributed by atoms with E-state index in [1.165, 1.54) is 6.20 Å². The summed E-state index contributed by atoms with van der Waals surface area (Å²) in [5.74, 6) is 0.464. The number of amides is 1. The molecule has 1 aromatic heterocycles. The molecule has 5 nitrogen and oxygen atoms in total. The van der Waals surface area contributed by atoms with Crippen LogP contribution in [0.15, 0.2) is 60.9 Å². The van der Waals surface area contributed by atoms with E-state index in [1.54, 1.807) is 37.6 Å². The smallest absolute Gasteiger partial charge is 0.257 e. The maximum absolute atomic E-state index is 12.5. The number of nitrogens with zero attached hydrogens (tertiary/aromatic N) is 1. The molecule has 0 aliphatic rings. The zero-order chi connectivity index (χ0) is 18.5. The molecule has 6 heteroatoms. The van der Waals surface area contributed by atoms with Gasteiger partial charge in [-0.25, -0.2) is 0 Å². The van der Waals surface area contributed by atoms with E-state index in [0.717, 1.165) is 11.3 Å². The number of nitrogens with one attached hydrogen (secondary N) is 2. The van der Waals surface area contributed by atoms with Crippen LogP contribution in [0.25, 0.3) is 0 Å². The van der Waals surface area contributed by atoms with Gasteiger partial charge in [0.2, 0.25) is 0 Å². The molecule has 0 saturated heterocycles. The van der Waals surface area contributed by atoms with Crippen LogP contribution in [-0.4, -0.2) is 18.0 Å². The van der Waals surface area contributed by atoms with Crippen molar-refractivity contribution in [1.29, 1.82) is 0 Å². The zero-order valence-corrected chi connectivity index (χ0v) is 15.2. The third-order valence-corrected chi connectivity index (χ3v) is 4.06. The van der Waals surface area contributed by atoms with Crippen molar-refractivity contribution in [2.45, 2.75) is 6.92 Å². The Balaban J connectivity index is 1.79. The average molecular weight is 368 g/mol. The molecule has 1 heterocycles. The van der Waals surface area contributed by atoms with Crippen LogP contribution in [0.3, 0.4) is 0 Å². The number of pyridine rings is 1. The molecular weight excluding hydrogens is 350 g/mol. The van der Waals surface area contributed by atoms with E-state index in [-0.39, 0.29) is 5.91 Å². The molecule has 0 saturated carbocycles. The van der Waals surface area contributed by atoms with Crippen molar-refractivity contribution in [1.82, 2.24) is 4.98 Å². The van der Waals surface area contributed by atoms with Crippen LogP contribution in [0.4, 0.5) is 17.1 Å². The van der Waals surface area contributed by atoms with Crippen molar-refractivity contribution in [2.75, 3.05) is 17.7 Å². The number of aromatic nitrogens is 1. The number of benzene rings is 2. The SMILES string of the molecule is COc1ccccc1Nc1cncc(C(=O)Nc2ccc(Cl)cc2C)c1. The van der Waals surface area contributed by atoms with Gasteiger partial charge >= 0.3 is 0 Å². The van der Waals surface area contributed by atoms with Crippen molar-refractivity contribution >= 4 is 34.6 Å². The predicted octanol–water partition coefficient (Wildman–Crippen LogP) is 5.05. The van der Waals surface area contributed by atoms with Gasteiger partial charge in [0.1, 0.15) is 5.75 Å². The number of carbonyl (C=O) groups excluding carboxylic acids is 1. The van der Waals surface area contributed by atoms with Crippen molar-refractivity contribution in [3.63, 3.8) is 0 Å². The molecule has 0 fully saturated rings. The van der Waals surface area contributed by atoms with Gasteiger partial charge in [-0.2, -0.15) is 0 Å². The van der Waals surface area contributed by atoms with Crippen LogP contribution < -0.4 is 15.4 Å². The molecule has 0 aliphatic carbocycles. The summed E-state index contributed by atoms with van der Waals surface area (Å²) in [6.45, 7) is 1.89. The van der Waals surface area contributed by atoms with E-state index in [4.69, 9.17) is 16.3 Å². The quantitative estimate of drug-likeness (QED) is 0.662. The molecule has 0 spiro atoms. The van der Waals surface area contributed by atoms with Crippen LogP contribution in [0.1, 0.15) is 15.9 Å². The fourth-order valence-electron chi connectivity index (χ4n) is 2.50. The zero-order valence-electron chi connectivity index (χ0n) is 14.4. The topological polar surface area (TPSA) is 63.2 Å². The predicted molar refractivity (Wildman–Crippen MR) is 105 cm³/mol. The molecular formula is C20H18ClN3O2. The highest BCUT2D eigenvalue weighted by Crippen LogP contribution is 2.27. The average Bonchev–Trinajstić information content (AvgIpc) is 2.64. The second kappa shape index (κ2) is 7.89. The van der Waals surface area contributed by atoms with E-state index >= 15 is 0 Å². The maximum Gasteiger partial charge on any atom is 0.257 e. The highest BCUT2D eigenvalue weighted by Gasteiger charge is 2.10. The first-order valence-electron chi connectivity index (χ1n) is 7.99. The highest BCUT2D eigenvalue weighted by molar-refractivity contribution is 6.30. The Morgan fingerprint density at radius 3 is 2.65 bits per heavy atom. The summed E-state index contributed by atoms with van der Waals surface area (Å²) < 4.78 is 5.32. The van der Waals surface area contributed by atoms with E-state index in [1.807, 2.05) is 31.2 Å². The minimum absolute atomic E-state index is 0.244. The lowest BCUT2D eigenvalue weighted by Gasteiger charge is -2.12. The third kappa shape index (κ3) is 4.13. The number of rotatable bonds is 5. The Bertz CT molecular complexity index is 944. The largest absolute Gasteiger partial charge is 0.495 e. The molecule has 1 amide bonds. The summed E-state index contributed by atoms with van der Waals surface area (Å²) in [6.07, 6.45) is 3.17. The lowest BCUT2D eigenvalue weighted by Crippen LogP contribution is -2.13. The Morgan fingerprint density at radius 2 is 1.88 bits per heavy atom. The van der Waals surface area contributed by atoms with E-state index in [2.05, 4.69) is 15.6 Å². The number of aryl methyl sites for hydroxylation is 1. The van der Waals surface area contributed by atoms with Gasteiger partial charge in [-0.3, -0.25) is 9.78 Å². The van der Waals surface area contributed by atoms with Gasteiger partial charge in [0.05, 0.1) is 30.2 Å². The number of hydrogen-bond acceptors (Lipinski definition) is 4. The van der Waals surface area contributed by atoms with Gasteiger partial charge in [-0.15, -0.1) is 0 Å². The molecule has 0 unspecified atom stereocenters. The monoisotopic (exact) mass is 367 g/mol. The van der Waals surface area contributed by atoms with Gasteiger partial charge < -0.3 is 15.4 Å². The highest BCUT2D eigenvalue weighted by atomic mass is 35.5. The van der Waals surface area contributed by atoms with Crippen molar-refractivity contribution in [3.05, 3.63) is 77.1 Å². The van der Waals surface area contributed by atoms with Crippen molar-refractivity contribution in [2.24, 2.45) is 0 Å². The first-order valence-corrected chi connectivity index (χ1v) is 8.37. The summed E-state index contributed by atoms with van der Waals surface area (Å²) >= 11 is 5.95. The lowest BCUT2D eigenvalue weighted by molar-refractivity contribution is 0.102. The summed E-state index contributed by atoms with van der Waals surface area (Å²) in [5, 5.41) is 6.72. The van der Waals surface area contributed by atoms with Crippen LogP contribution in [-0.2, 0) is 0 Å². The Kier molecular flexibility index (Phi) is 5.39. The molecule has 0 aliphatic heterocycles. The molecule has 0 atom stereocenters. The second-order valence-electron chi connectivity index (χ2n) is 5.70. The van der Waals surface area contributed by atoms with Gasteiger partial charge in [-0.05, 0) is 48.9 Å². The van der Waals surface area contributed by atoms with Crippen LogP contribution in [0.5, 0.6) is 5.75 Å². The number of ether oxygens (including phenoxy) is 1. The maximum atomic E-state index is 12.5. The summed E-state index contributed by atoms with van der Waals surface area (Å²) in [5.41, 5.74) is 3.53. The van der Waals surface area contributed by atoms with Gasteiger partial charge in [0.25, 0.3) is 5.91 Å². The molecule has 0 bridgehead atoms. The lowest BCUT2D eigenvalue weighted by atomic mass is 10.2. The Hall–Kier alpha value is -3.05. The van der Waals surface area contributed by atoms with E-state index < -0.39 is 0 Å². The van der Waals surface area contributed by atoms with Gasteiger partial charge in [-0.1, -0.05) is 23.7 Å². The molecule has 3 rings (SSSR count). The van der Waals surface area contributed by atoms with E-state index in [0.29, 0.717) is 27.7 Å². The number of hydrogen-bond donors (Lipinski definition) is 2. The van der Waals surface area contributed by atoms with Crippen LogP contribution in [0.2, 0.25) is 5.02 Å². The third-order valence-electron chi connectivity index (χ3n) is 3.82. The summed E-state index contributed by atoms with van der Waals surface area (Å²) in [4.78, 5) is 16.7. The Labute approximate surface area is 157 Å². The van der Waals surface area contributed by atoms with Crippen LogP contribution >= 0.6 is 11.6 Å². The minimum Gasteiger partial charge on any atom is -0.495 e. The summed E-state index contributed by atoms with van der Waals surface area (Å²) in [6, 6.07) is 14.6. The normalized spacial score (nSPS) is 10.3. The number of halogens is 1. The molecule has 26 heavy (non-hydrogen) atoms. The first-order chi connectivity index (χ1) is 12.6. The van der Waals surface area contributed by atoms with Crippen LogP contribution in [0, 0.1) is 6.92 Å². The van der Waals surface area contributed by atoms with E-state index in [9.17, 15) is 4.79 Å². The molecule has 2 N–H and O–H groups in total. The minimum atomic E-state index is -0.244. The van der Waals surface area contributed by atoms with Gasteiger partial charge in [0.15, 0.2) is 0 Å². The van der Waals surface area contributed by atoms with Gasteiger partial charge in [0, 0.05) is 16.9 Å². The first kappa shape index (κ1) is 17.8. The summed E-state index contributed by atoms with van der Waals surface area (Å²) in [7, 11) is 1.61. The van der Waals surface area contributed by atoms with Crippen molar-refractivity contribution in [3.8, 4) is 5.75 Å². The number of carbonyl (C=O) groups is 1. The molecule has 132 valence electrons. The van der Waals surface area contributed by atoms with Crippen molar-refractivity contribution < 1.29 is 9.53 Å².